The molecule has 0 amide bonds. The standard InChI is InChI=1S/C5H13O3P/c1-3-5(6)9(7)8-4-2/h5-6,9H,3-4H2,1-2H3. The quantitative estimate of drug-likeness (QED) is 0.616. The van der Waals surface area contributed by atoms with Crippen LogP contribution in [0.2, 0.25) is 0 Å². The van der Waals surface area contributed by atoms with E-state index in [0.717, 1.165) is 0 Å². The molecule has 0 spiro atoms. The van der Waals surface area contributed by atoms with E-state index in [1.165, 1.54) is 0 Å². The molecule has 2 unspecified atom stereocenters. The van der Waals surface area contributed by atoms with Crippen LogP contribution in [0.4, 0.5) is 0 Å². The molecule has 0 saturated heterocycles. The van der Waals surface area contributed by atoms with E-state index in [0.29, 0.717) is 13.0 Å². The molecule has 0 fully saturated rings. The first kappa shape index (κ1) is 9.15. The van der Waals surface area contributed by atoms with E-state index in [1.54, 1.807) is 13.8 Å². The summed E-state index contributed by atoms with van der Waals surface area (Å²) in [6.45, 7) is 3.94. The van der Waals surface area contributed by atoms with Crippen molar-refractivity contribution in [1.29, 1.82) is 0 Å². The number of hydrogen-bond donors (Lipinski definition) is 1. The second-order valence-corrected chi connectivity index (χ2v) is 3.27. The highest BCUT2D eigenvalue weighted by molar-refractivity contribution is 7.39. The first-order valence-corrected chi connectivity index (χ1v) is 4.46. The lowest BCUT2D eigenvalue weighted by Gasteiger charge is -2.05. The van der Waals surface area contributed by atoms with Crippen LogP contribution in [-0.2, 0) is 9.09 Å². The highest BCUT2D eigenvalue weighted by Crippen LogP contribution is 2.28. The third-order valence-electron chi connectivity index (χ3n) is 0.945. The van der Waals surface area contributed by atoms with Crippen molar-refractivity contribution in [1.82, 2.24) is 0 Å². The average molecular weight is 152 g/mol. The van der Waals surface area contributed by atoms with E-state index in [-0.39, 0.29) is 0 Å². The molecule has 0 aromatic carbocycles. The fourth-order valence-electron chi connectivity index (χ4n) is 0.405. The molecule has 0 heterocycles. The Balaban J connectivity index is 3.46. The Labute approximate surface area is 55.9 Å². The molecule has 0 rings (SSSR count). The van der Waals surface area contributed by atoms with Crippen molar-refractivity contribution in [2.75, 3.05) is 6.61 Å². The number of aliphatic hydroxyl groups excluding tert-OH is 1. The molecular weight excluding hydrogens is 139 g/mol. The van der Waals surface area contributed by atoms with Gasteiger partial charge in [-0.25, -0.2) is 0 Å². The first-order chi connectivity index (χ1) is 4.22. The second-order valence-electron chi connectivity index (χ2n) is 1.68. The smallest absolute Gasteiger partial charge is 0.219 e. The van der Waals surface area contributed by atoms with Gasteiger partial charge in [0, 0.05) is 0 Å². The average Bonchev–Trinajstić information content (AvgIpc) is 1.87. The van der Waals surface area contributed by atoms with E-state index in [9.17, 15) is 4.57 Å². The number of hydrogen-bond acceptors (Lipinski definition) is 3. The van der Waals surface area contributed by atoms with Crippen LogP contribution in [0.15, 0.2) is 0 Å². The summed E-state index contributed by atoms with van der Waals surface area (Å²) in [5.74, 6) is -0.755. The Morgan fingerprint density at radius 2 is 2.22 bits per heavy atom. The van der Waals surface area contributed by atoms with Crippen molar-refractivity contribution in [2.45, 2.75) is 26.1 Å². The summed E-state index contributed by atoms with van der Waals surface area (Å²) in [6, 6.07) is 0. The van der Waals surface area contributed by atoms with Crippen LogP contribution in [0.25, 0.3) is 0 Å². The van der Waals surface area contributed by atoms with Crippen molar-refractivity contribution in [3.05, 3.63) is 0 Å². The molecule has 3 nitrogen and oxygen atoms in total. The third-order valence-corrected chi connectivity index (χ3v) is 2.47. The topological polar surface area (TPSA) is 46.5 Å². The molecule has 0 aromatic rings. The monoisotopic (exact) mass is 152 g/mol. The van der Waals surface area contributed by atoms with E-state index < -0.39 is 13.9 Å². The Bertz CT molecular complexity index is 94.2. The highest BCUT2D eigenvalue weighted by atomic mass is 31.1. The van der Waals surface area contributed by atoms with Crippen LogP contribution < -0.4 is 0 Å². The Hall–Kier alpha value is 0.150. The summed E-state index contributed by atoms with van der Waals surface area (Å²) < 4.78 is 15.4. The molecule has 0 aromatic heterocycles. The molecule has 2 atom stereocenters. The molecule has 4 heteroatoms. The lowest BCUT2D eigenvalue weighted by molar-refractivity contribution is 0.217. The third kappa shape index (κ3) is 3.68. The maximum Gasteiger partial charge on any atom is 0.219 e. The molecule has 0 saturated carbocycles. The normalized spacial score (nSPS) is 17.2. The molecule has 56 valence electrons. The molecule has 0 aliphatic carbocycles. The first-order valence-electron chi connectivity index (χ1n) is 3.07. The minimum absolute atomic E-state index is 0.412. The zero-order chi connectivity index (χ0) is 7.28. The van der Waals surface area contributed by atoms with Crippen molar-refractivity contribution >= 4 is 8.03 Å². The predicted octanol–water partition coefficient (Wildman–Crippen LogP) is 1.23. The van der Waals surface area contributed by atoms with E-state index in [1.807, 2.05) is 0 Å². The molecule has 0 radical (unpaired) electrons. The van der Waals surface area contributed by atoms with Gasteiger partial charge in [0.1, 0.15) is 5.85 Å². The maximum absolute atomic E-state index is 10.7. The van der Waals surface area contributed by atoms with Crippen molar-refractivity contribution in [3.8, 4) is 0 Å². The fourth-order valence-corrected chi connectivity index (χ4v) is 1.22. The van der Waals surface area contributed by atoms with Crippen LogP contribution in [0.5, 0.6) is 0 Å². The molecule has 0 aliphatic rings. The Morgan fingerprint density at radius 1 is 1.67 bits per heavy atom. The minimum Gasteiger partial charge on any atom is -0.383 e. The fraction of sp³-hybridized carbons (Fsp3) is 1.00. The lowest BCUT2D eigenvalue weighted by atomic mass is 10.5. The summed E-state index contributed by atoms with van der Waals surface area (Å²) in [5.41, 5.74) is 0. The summed E-state index contributed by atoms with van der Waals surface area (Å²) in [7, 11) is -2.16. The van der Waals surface area contributed by atoms with Crippen LogP contribution in [0.1, 0.15) is 20.3 Å². The zero-order valence-electron chi connectivity index (χ0n) is 5.76. The second kappa shape index (κ2) is 4.98. The number of rotatable bonds is 4. The Morgan fingerprint density at radius 3 is 2.56 bits per heavy atom. The van der Waals surface area contributed by atoms with Gasteiger partial charge in [-0.3, -0.25) is 4.57 Å². The van der Waals surface area contributed by atoms with Crippen molar-refractivity contribution < 1.29 is 14.2 Å². The van der Waals surface area contributed by atoms with Crippen LogP contribution in [0.3, 0.4) is 0 Å². The van der Waals surface area contributed by atoms with Crippen LogP contribution in [0, 0.1) is 0 Å². The number of aliphatic hydroxyl groups is 1. The summed E-state index contributed by atoms with van der Waals surface area (Å²) in [4.78, 5) is 0. The Kier molecular flexibility index (Phi) is 5.06. The summed E-state index contributed by atoms with van der Waals surface area (Å²) in [5, 5.41) is 8.87. The van der Waals surface area contributed by atoms with Gasteiger partial charge in [0.15, 0.2) is 0 Å². The van der Waals surface area contributed by atoms with Gasteiger partial charge >= 0.3 is 0 Å². The van der Waals surface area contributed by atoms with Crippen LogP contribution in [-0.4, -0.2) is 17.6 Å². The van der Waals surface area contributed by atoms with Crippen molar-refractivity contribution in [2.24, 2.45) is 0 Å². The minimum atomic E-state index is -2.16. The molecule has 1 N–H and O–H groups in total. The largest absolute Gasteiger partial charge is 0.383 e. The van der Waals surface area contributed by atoms with E-state index in [4.69, 9.17) is 9.63 Å². The predicted molar refractivity (Wildman–Crippen MR) is 36.9 cm³/mol. The molecular formula is C5H13O3P. The molecule has 0 aliphatic heterocycles. The SMILES string of the molecule is CCO[PH](=O)C(O)CC. The summed E-state index contributed by atoms with van der Waals surface area (Å²) >= 11 is 0. The van der Waals surface area contributed by atoms with Gasteiger partial charge < -0.3 is 9.63 Å². The van der Waals surface area contributed by atoms with Gasteiger partial charge in [-0.2, -0.15) is 0 Å². The van der Waals surface area contributed by atoms with E-state index >= 15 is 0 Å². The summed E-state index contributed by atoms with van der Waals surface area (Å²) in [6.07, 6.45) is 0.498. The maximum atomic E-state index is 10.7. The van der Waals surface area contributed by atoms with Crippen molar-refractivity contribution in [3.63, 3.8) is 0 Å². The van der Waals surface area contributed by atoms with Gasteiger partial charge in [0.05, 0.1) is 6.61 Å². The van der Waals surface area contributed by atoms with Gasteiger partial charge in [0.2, 0.25) is 8.03 Å². The lowest BCUT2D eigenvalue weighted by Crippen LogP contribution is -1.98. The van der Waals surface area contributed by atoms with Gasteiger partial charge in [0.25, 0.3) is 0 Å². The highest BCUT2D eigenvalue weighted by Gasteiger charge is 2.08. The van der Waals surface area contributed by atoms with Gasteiger partial charge in [-0.15, -0.1) is 0 Å². The van der Waals surface area contributed by atoms with Gasteiger partial charge in [-0.1, -0.05) is 6.92 Å². The van der Waals surface area contributed by atoms with Gasteiger partial charge in [-0.05, 0) is 13.3 Å². The zero-order valence-corrected chi connectivity index (χ0v) is 6.76. The molecule has 0 bridgehead atoms. The van der Waals surface area contributed by atoms with E-state index in [2.05, 4.69) is 0 Å². The van der Waals surface area contributed by atoms with Crippen LogP contribution >= 0.6 is 8.03 Å². The molecule has 9 heavy (non-hydrogen) atoms.